The molecule has 1 aliphatic rings. The van der Waals surface area contributed by atoms with Gasteiger partial charge in [-0.15, -0.1) is 0 Å². The molecule has 0 aromatic heterocycles. The number of rotatable bonds is 6. The van der Waals surface area contributed by atoms with E-state index in [9.17, 15) is 9.59 Å². The van der Waals surface area contributed by atoms with Gasteiger partial charge in [-0.3, -0.25) is 9.59 Å². The van der Waals surface area contributed by atoms with Crippen molar-refractivity contribution in [2.75, 3.05) is 33.4 Å². The maximum Gasteiger partial charge on any atom is 0.323 e. The molecule has 120 valence electrons. The number of carboxylic acid groups (broad SMARTS) is 1. The van der Waals surface area contributed by atoms with E-state index in [1.807, 2.05) is 6.92 Å². The van der Waals surface area contributed by atoms with Crippen LogP contribution in [0, 0.1) is 0 Å². The summed E-state index contributed by atoms with van der Waals surface area (Å²) in [4.78, 5) is 24.7. The molecule has 0 saturated carbocycles. The van der Waals surface area contributed by atoms with Crippen molar-refractivity contribution in [1.82, 2.24) is 4.90 Å². The molecule has 1 aliphatic heterocycles. The highest BCUT2D eigenvalue weighted by molar-refractivity contribution is 5.97. The molecule has 0 radical (unpaired) electrons. The molecule has 1 aromatic rings. The van der Waals surface area contributed by atoms with Crippen molar-refractivity contribution in [1.29, 1.82) is 0 Å². The SMILES string of the molecule is CCCN(CC(=O)O)C(=O)c1cc(OC)c2c(c1)OCCO2. The fourth-order valence-electron chi connectivity index (χ4n) is 2.26. The molecule has 7 heteroatoms. The minimum Gasteiger partial charge on any atom is -0.493 e. The number of ether oxygens (including phenoxy) is 3. The number of carbonyl (C=O) groups is 2. The minimum absolute atomic E-state index is 0.316. The van der Waals surface area contributed by atoms with Gasteiger partial charge in [-0.05, 0) is 18.6 Å². The van der Waals surface area contributed by atoms with Gasteiger partial charge in [0.15, 0.2) is 11.5 Å². The van der Waals surface area contributed by atoms with Gasteiger partial charge in [0, 0.05) is 12.1 Å². The van der Waals surface area contributed by atoms with E-state index in [0.29, 0.717) is 49.0 Å². The lowest BCUT2D eigenvalue weighted by atomic mass is 10.1. The second kappa shape index (κ2) is 7.02. The maximum atomic E-state index is 12.5. The van der Waals surface area contributed by atoms with Gasteiger partial charge >= 0.3 is 5.97 Å². The van der Waals surface area contributed by atoms with Crippen LogP contribution in [-0.2, 0) is 4.79 Å². The van der Waals surface area contributed by atoms with Crippen LogP contribution in [0.4, 0.5) is 0 Å². The number of carbonyl (C=O) groups excluding carboxylic acids is 1. The Hall–Kier alpha value is -2.44. The van der Waals surface area contributed by atoms with Crippen molar-refractivity contribution in [2.24, 2.45) is 0 Å². The molecule has 1 N–H and O–H groups in total. The topological polar surface area (TPSA) is 85.3 Å². The Morgan fingerprint density at radius 2 is 2.05 bits per heavy atom. The second-order valence-electron chi connectivity index (χ2n) is 4.82. The molecule has 0 spiro atoms. The highest BCUT2D eigenvalue weighted by Crippen LogP contribution is 2.40. The molecule has 1 heterocycles. The van der Waals surface area contributed by atoms with E-state index in [0.717, 1.165) is 0 Å². The number of fused-ring (bicyclic) bond motifs is 1. The molecule has 2 rings (SSSR count). The third-order valence-corrected chi connectivity index (χ3v) is 3.18. The van der Waals surface area contributed by atoms with Crippen LogP contribution >= 0.6 is 0 Å². The number of methoxy groups -OCH3 is 1. The first kappa shape index (κ1) is 15.9. The number of nitrogens with zero attached hydrogens (tertiary/aromatic N) is 1. The Labute approximate surface area is 128 Å². The van der Waals surface area contributed by atoms with Crippen molar-refractivity contribution in [3.8, 4) is 17.2 Å². The minimum atomic E-state index is -1.05. The molecule has 22 heavy (non-hydrogen) atoms. The molecule has 1 aromatic carbocycles. The molecule has 0 aliphatic carbocycles. The third kappa shape index (κ3) is 3.41. The van der Waals surface area contributed by atoms with Crippen molar-refractivity contribution in [2.45, 2.75) is 13.3 Å². The van der Waals surface area contributed by atoms with E-state index < -0.39 is 5.97 Å². The third-order valence-electron chi connectivity index (χ3n) is 3.18. The van der Waals surface area contributed by atoms with Crippen LogP contribution in [0.25, 0.3) is 0 Å². The van der Waals surface area contributed by atoms with Crippen LogP contribution in [0.1, 0.15) is 23.7 Å². The lowest BCUT2D eigenvalue weighted by molar-refractivity contribution is -0.137. The smallest absolute Gasteiger partial charge is 0.323 e. The van der Waals surface area contributed by atoms with Crippen LogP contribution in [0.2, 0.25) is 0 Å². The van der Waals surface area contributed by atoms with Crippen molar-refractivity contribution >= 4 is 11.9 Å². The Kier molecular flexibility index (Phi) is 5.08. The van der Waals surface area contributed by atoms with Gasteiger partial charge in [0.05, 0.1) is 7.11 Å². The quantitative estimate of drug-likeness (QED) is 0.855. The van der Waals surface area contributed by atoms with Crippen LogP contribution in [-0.4, -0.2) is 55.3 Å². The van der Waals surface area contributed by atoms with Crippen molar-refractivity contribution in [3.05, 3.63) is 17.7 Å². The molecular weight excluding hydrogens is 290 g/mol. The fourth-order valence-corrected chi connectivity index (χ4v) is 2.26. The molecule has 1 amide bonds. The van der Waals surface area contributed by atoms with Crippen LogP contribution < -0.4 is 14.2 Å². The van der Waals surface area contributed by atoms with E-state index >= 15 is 0 Å². The van der Waals surface area contributed by atoms with Gasteiger partial charge in [-0.1, -0.05) is 6.92 Å². The van der Waals surface area contributed by atoms with Gasteiger partial charge in [0.25, 0.3) is 5.91 Å². The van der Waals surface area contributed by atoms with E-state index in [1.54, 1.807) is 12.1 Å². The second-order valence-corrected chi connectivity index (χ2v) is 4.82. The van der Waals surface area contributed by atoms with Gasteiger partial charge in [0.1, 0.15) is 19.8 Å². The molecule has 7 nitrogen and oxygen atoms in total. The Morgan fingerprint density at radius 1 is 1.32 bits per heavy atom. The summed E-state index contributed by atoms with van der Waals surface area (Å²) in [6.45, 7) is 2.71. The van der Waals surface area contributed by atoms with Crippen molar-refractivity contribution in [3.63, 3.8) is 0 Å². The predicted molar refractivity (Wildman–Crippen MR) is 77.8 cm³/mol. The molecule has 0 bridgehead atoms. The van der Waals surface area contributed by atoms with Crippen LogP contribution in [0.15, 0.2) is 12.1 Å². The summed E-state index contributed by atoms with van der Waals surface area (Å²) < 4.78 is 16.2. The van der Waals surface area contributed by atoms with Crippen LogP contribution in [0.3, 0.4) is 0 Å². The summed E-state index contributed by atoms with van der Waals surface area (Å²) in [6.07, 6.45) is 0.667. The predicted octanol–water partition coefficient (Wildman–Crippen LogP) is 1.40. The molecule has 0 fully saturated rings. The summed E-state index contributed by atoms with van der Waals surface area (Å²) in [5, 5.41) is 8.94. The Bertz CT molecular complexity index is 554. The first-order valence-corrected chi connectivity index (χ1v) is 7.05. The largest absolute Gasteiger partial charge is 0.493 e. The van der Waals surface area contributed by atoms with E-state index in [2.05, 4.69) is 0 Å². The summed E-state index contributed by atoms with van der Waals surface area (Å²) in [5.41, 5.74) is 0.316. The molecule has 0 atom stereocenters. The number of hydrogen-bond donors (Lipinski definition) is 1. The Balaban J connectivity index is 2.33. The maximum absolute atomic E-state index is 12.5. The summed E-state index contributed by atoms with van der Waals surface area (Å²) in [5.74, 6) is -0.135. The van der Waals surface area contributed by atoms with Crippen molar-refractivity contribution < 1.29 is 28.9 Å². The first-order valence-electron chi connectivity index (χ1n) is 7.05. The van der Waals surface area contributed by atoms with Gasteiger partial charge in [0.2, 0.25) is 5.75 Å². The van der Waals surface area contributed by atoms with Gasteiger partial charge < -0.3 is 24.2 Å². The molecular formula is C15H19NO6. The zero-order valence-electron chi connectivity index (χ0n) is 12.6. The summed E-state index contributed by atoms with van der Waals surface area (Å²) in [7, 11) is 1.48. The lowest BCUT2D eigenvalue weighted by Gasteiger charge is -2.24. The zero-order chi connectivity index (χ0) is 16.1. The summed E-state index contributed by atoms with van der Waals surface area (Å²) in [6, 6.07) is 3.10. The van der Waals surface area contributed by atoms with Crippen LogP contribution in [0.5, 0.6) is 17.2 Å². The lowest BCUT2D eigenvalue weighted by Crippen LogP contribution is -2.36. The van der Waals surface area contributed by atoms with Gasteiger partial charge in [-0.25, -0.2) is 0 Å². The summed E-state index contributed by atoms with van der Waals surface area (Å²) >= 11 is 0. The Morgan fingerprint density at radius 3 is 2.68 bits per heavy atom. The fraction of sp³-hybridized carbons (Fsp3) is 0.467. The monoisotopic (exact) mass is 309 g/mol. The number of amides is 1. The standard InChI is InChI=1S/C15H19NO6/c1-3-4-16(9-13(17)18)15(19)10-7-11(20-2)14-12(8-10)21-5-6-22-14/h7-8H,3-6,9H2,1-2H3,(H,17,18). The normalized spacial score (nSPS) is 12.6. The van der Waals surface area contributed by atoms with Gasteiger partial charge in [-0.2, -0.15) is 0 Å². The highest BCUT2D eigenvalue weighted by atomic mass is 16.6. The number of aliphatic carboxylic acids is 1. The molecule has 0 saturated heterocycles. The average Bonchev–Trinajstić information content (AvgIpc) is 2.52. The average molecular weight is 309 g/mol. The highest BCUT2D eigenvalue weighted by Gasteiger charge is 2.24. The number of hydrogen-bond acceptors (Lipinski definition) is 5. The first-order chi connectivity index (χ1) is 10.6. The molecule has 0 unspecified atom stereocenters. The van der Waals surface area contributed by atoms with E-state index in [-0.39, 0.29) is 12.5 Å². The van der Waals surface area contributed by atoms with E-state index in [1.165, 1.54) is 12.0 Å². The number of benzene rings is 1. The zero-order valence-corrected chi connectivity index (χ0v) is 12.6. The van der Waals surface area contributed by atoms with E-state index in [4.69, 9.17) is 19.3 Å². The number of carboxylic acids is 1.